The number of nitrogens with one attached hydrogen (secondary N) is 1. The molecule has 2 amide bonds. The molecule has 1 atom stereocenters. The average Bonchev–Trinajstić information content (AvgIpc) is 2.90. The van der Waals surface area contributed by atoms with Gasteiger partial charge in [0.05, 0.1) is 15.5 Å². The zero-order valence-electron chi connectivity index (χ0n) is 20.7. The highest BCUT2D eigenvalue weighted by molar-refractivity contribution is 7.92. The van der Waals surface area contributed by atoms with E-state index < -0.39 is 39.3 Å². The fourth-order valence-electron chi connectivity index (χ4n) is 3.75. The van der Waals surface area contributed by atoms with Crippen molar-refractivity contribution in [3.05, 3.63) is 100 Å². The molecule has 0 aliphatic heterocycles. The molecule has 1 N–H and O–H groups in total. The molecule has 0 aromatic heterocycles. The molecule has 194 valence electrons. The number of carbonyl (C=O) groups excluding carboxylic acids is 2. The number of nitrogens with zero attached hydrogens (tertiary/aromatic N) is 3. The maximum atomic E-state index is 13.7. The molecular formula is C26H28N4O6S. The quantitative estimate of drug-likeness (QED) is 0.320. The Morgan fingerprint density at radius 2 is 1.57 bits per heavy atom. The standard InChI is InChI=1S/C26H28N4O6S/c1-19-9-7-8-10-21(19)17-28(20(2)26(32)27-3)25(31)18-29(22-13-15-23(16-14-22)30(33)34)37(35,36)24-11-5-4-6-12-24/h4-16,20H,17-18H2,1-3H3,(H,27,32)/t20-/m1/s1. The first-order chi connectivity index (χ1) is 17.6. The first kappa shape index (κ1) is 27.3. The molecule has 0 heterocycles. The van der Waals surface area contributed by atoms with Gasteiger partial charge in [-0.1, -0.05) is 42.5 Å². The number of anilines is 1. The predicted octanol–water partition coefficient (Wildman–Crippen LogP) is 3.26. The number of nitro benzene ring substituents is 1. The minimum absolute atomic E-state index is 0.0500. The number of hydrogen-bond acceptors (Lipinski definition) is 6. The van der Waals surface area contributed by atoms with Crippen LogP contribution in [0, 0.1) is 17.0 Å². The summed E-state index contributed by atoms with van der Waals surface area (Å²) in [4.78, 5) is 38.0. The molecule has 0 unspecified atom stereocenters. The summed E-state index contributed by atoms with van der Waals surface area (Å²) in [5, 5.41) is 13.6. The van der Waals surface area contributed by atoms with Gasteiger partial charge in [0, 0.05) is 25.7 Å². The van der Waals surface area contributed by atoms with Crippen molar-refractivity contribution in [1.82, 2.24) is 10.2 Å². The molecule has 3 rings (SSSR count). The number of sulfonamides is 1. The van der Waals surface area contributed by atoms with Gasteiger partial charge in [-0.2, -0.15) is 0 Å². The molecule has 3 aromatic rings. The summed E-state index contributed by atoms with van der Waals surface area (Å²) >= 11 is 0. The summed E-state index contributed by atoms with van der Waals surface area (Å²) in [7, 11) is -2.78. The van der Waals surface area contributed by atoms with Gasteiger partial charge < -0.3 is 10.2 Å². The Balaban J connectivity index is 2.05. The zero-order valence-corrected chi connectivity index (χ0v) is 21.5. The Labute approximate surface area is 215 Å². The number of hydrogen-bond donors (Lipinski definition) is 1. The lowest BCUT2D eigenvalue weighted by atomic mass is 10.1. The fourth-order valence-corrected chi connectivity index (χ4v) is 5.19. The van der Waals surface area contributed by atoms with Crippen LogP contribution < -0.4 is 9.62 Å². The second kappa shape index (κ2) is 11.7. The SMILES string of the molecule is CNC(=O)[C@@H](C)N(Cc1ccccc1C)C(=O)CN(c1ccc([N+](=O)[O-])cc1)S(=O)(=O)c1ccccc1. The molecule has 37 heavy (non-hydrogen) atoms. The van der Waals surface area contributed by atoms with Gasteiger partial charge in [0.15, 0.2) is 0 Å². The van der Waals surface area contributed by atoms with E-state index in [4.69, 9.17) is 0 Å². The Morgan fingerprint density at radius 3 is 2.14 bits per heavy atom. The van der Waals surface area contributed by atoms with E-state index in [1.807, 2.05) is 31.2 Å². The molecule has 0 aliphatic carbocycles. The first-order valence-electron chi connectivity index (χ1n) is 11.4. The van der Waals surface area contributed by atoms with Crippen LogP contribution in [0.25, 0.3) is 0 Å². The van der Waals surface area contributed by atoms with E-state index in [9.17, 15) is 28.1 Å². The third kappa shape index (κ3) is 6.31. The first-order valence-corrected chi connectivity index (χ1v) is 12.9. The van der Waals surface area contributed by atoms with E-state index in [1.165, 1.54) is 48.3 Å². The van der Waals surface area contributed by atoms with E-state index in [0.29, 0.717) is 0 Å². The molecule has 0 bridgehead atoms. The highest BCUT2D eigenvalue weighted by Gasteiger charge is 2.32. The predicted molar refractivity (Wildman–Crippen MR) is 139 cm³/mol. The number of rotatable bonds is 10. The summed E-state index contributed by atoms with van der Waals surface area (Å²) in [6.45, 7) is 2.91. The normalized spacial score (nSPS) is 11.9. The van der Waals surface area contributed by atoms with Gasteiger partial charge >= 0.3 is 0 Å². The van der Waals surface area contributed by atoms with Gasteiger partial charge in [-0.15, -0.1) is 0 Å². The van der Waals surface area contributed by atoms with E-state index in [-0.39, 0.29) is 22.8 Å². The van der Waals surface area contributed by atoms with Crippen molar-refractivity contribution >= 4 is 33.2 Å². The third-order valence-corrected chi connectivity index (χ3v) is 7.76. The largest absolute Gasteiger partial charge is 0.357 e. The van der Waals surface area contributed by atoms with Crippen LogP contribution in [0.2, 0.25) is 0 Å². The molecule has 10 nitrogen and oxygen atoms in total. The van der Waals surface area contributed by atoms with Crippen molar-refractivity contribution in [3.63, 3.8) is 0 Å². The van der Waals surface area contributed by atoms with Crippen LogP contribution in [0.5, 0.6) is 0 Å². The lowest BCUT2D eigenvalue weighted by Crippen LogP contribution is -2.50. The molecular weight excluding hydrogens is 496 g/mol. The van der Waals surface area contributed by atoms with Crippen molar-refractivity contribution in [2.45, 2.75) is 31.3 Å². The topological polar surface area (TPSA) is 130 Å². The fraction of sp³-hybridized carbons (Fsp3) is 0.231. The highest BCUT2D eigenvalue weighted by Crippen LogP contribution is 2.26. The second-order valence-electron chi connectivity index (χ2n) is 8.34. The molecule has 0 radical (unpaired) electrons. The number of likely N-dealkylation sites (N-methyl/N-ethyl adjacent to an activating group) is 1. The van der Waals surface area contributed by atoms with E-state index >= 15 is 0 Å². The molecule has 0 spiro atoms. The van der Waals surface area contributed by atoms with Crippen molar-refractivity contribution < 1.29 is 22.9 Å². The summed E-state index contributed by atoms with van der Waals surface area (Å²) in [6.07, 6.45) is 0. The summed E-state index contributed by atoms with van der Waals surface area (Å²) in [6, 6.07) is 19.0. The van der Waals surface area contributed by atoms with Crippen LogP contribution in [0.3, 0.4) is 0 Å². The molecule has 3 aromatic carbocycles. The van der Waals surface area contributed by atoms with Crippen LogP contribution in [0.15, 0.2) is 83.8 Å². The van der Waals surface area contributed by atoms with Gasteiger partial charge in [0.1, 0.15) is 12.6 Å². The van der Waals surface area contributed by atoms with Crippen LogP contribution in [-0.2, 0) is 26.2 Å². The molecule has 0 saturated heterocycles. The monoisotopic (exact) mass is 524 g/mol. The smallest absolute Gasteiger partial charge is 0.269 e. The van der Waals surface area contributed by atoms with Crippen molar-refractivity contribution in [3.8, 4) is 0 Å². The Morgan fingerprint density at radius 1 is 0.973 bits per heavy atom. The Bertz CT molecular complexity index is 1380. The summed E-state index contributed by atoms with van der Waals surface area (Å²) in [5.41, 5.74) is 1.57. The van der Waals surface area contributed by atoms with Gasteiger partial charge in [-0.05, 0) is 49.2 Å². The molecule has 0 aliphatic rings. The van der Waals surface area contributed by atoms with Crippen molar-refractivity contribution in [2.75, 3.05) is 17.9 Å². The Kier molecular flexibility index (Phi) is 8.61. The maximum absolute atomic E-state index is 13.7. The van der Waals surface area contributed by atoms with Gasteiger partial charge in [0.25, 0.3) is 15.7 Å². The van der Waals surface area contributed by atoms with Crippen LogP contribution in [-0.4, -0.2) is 49.7 Å². The number of carbonyl (C=O) groups is 2. The summed E-state index contributed by atoms with van der Waals surface area (Å²) < 4.78 is 28.1. The number of nitro groups is 1. The Hall–Kier alpha value is -4.25. The van der Waals surface area contributed by atoms with Crippen LogP contribution in [0.1, 0.15) is 18.1 Å². The number of non-ortho nitro benzene ring substituents is 1. The maximum Gasteiger partial charge on any atom is 0.269 e. The number of benzene rings is 3. The number of aryl methyl sites for hydroxylation is 1. The van der Waals surface area contributed by atoms with E-state index in [1.54, 1.807) is 25.1 Å². The van der Waals surface area contributed by atoms with Crippen LogP contribution >= 0.6 is 0 Å². The van der Waals surface area contributed by atoms with Gasteiger partial charge in [-0.25, -0.2) is 8.42 Å². The van der Waals surface area contributed by atoms with Crippen molar-refractivity contribution in [1.29, 1.82) is 0 Å². The van der Waals surface area contributed by atoms with E-state index in [0.717, 1.165) is 15.4 Å². The van der Waals surface area contributed by atoms with E-state index in [2.05, 4.69) is 5.32 Å². The lowest BCUT2D eigenvalue weighted by Gasteiger charge is -2.32. The molecule has 11 heteroatoms. The minimum atomic E-state index is -4.23. The van der Waals surface area contributed by atoms with Gasteiger partial charge in [-0.3, -0.25) is 24.0 Å². The van der Waals surface area contributed by atoms with Gasteiger partial charge in [0.2, 0.25) is 11.8 Å². The second-order valence-corrected chi connectivity index (χ2v) is 10.2. The third-order valence-electron chi connectivity index (χ3n) is 5.97. The van der Waals surface area contributed by atoms with Crippen LogP contribution in [0.4, 0.5) is 11.4 Å². The zero-order chi connectivity index (χ0) is 27.2. The molecule has 0 saturated carbocycles. The number of amides is 2. The summed E-state index contributed by atoms with van der Waals surface area (Å²) in [5.74, 6) is -1.02. The highest BCUT2D eigenvalue weighted by atomic mass is 32.2. The minimum Gasteiger partial charge on any atom is -0.357 e. The van der Waals surface area contributed by atoms with Crippen molar-refractivity contribution in [2.24, 2.45) is 0 Å². The average molecular weight is 525 g/mol. The lowest BCUT2D eigenvalue weighted by molar-refractivity contribution is -0.384. The molecule has 0 fully saturated rings.